The molecule has 33 heavy (non-hydrogen) atoms. The summed E-state index contributed by atoms with van der Waals surface area (Å²) in [6.45, 7) is 16.8. The van der Waals surface area contributed by atoms with Gasteiger partial charge < -0.3 is 10.2 Å². The van der Waals surface area contributed by atoms with Crippen LogP contribution in [0.3, 0.4) is 0 Å². The zero-order chi connectivity index (χ0) is 24.2. The zero-order valence-corrected chi connectivity index (χ0v) is 22.3. The first kappa shape index (κ1) is 24.0. The summed E-state index contributed by atoms with van der Waals surface area (Å²) in [7, 11) is 0. The summed E-state index contributed by atoms with van der Waals surface area (Å²) >= 11 is 0. The molecule has 0 heterocycles. The molecule has 3 heteroatoms. The van der Waals surface area contributed by atoms with E-state index >= 15 is 0 Å². The van der Waals surface area contributed by atoms with Crippen molar-refractivity contribution in [3.05, 3.63) is 11.6 Å². The summed E-state index contributed by atoms with van der Waals surface area (Å²) in [6.07, 6.45) is 11.5. The zero-order valence-electron chi connectivity index (χ0n) is 22.3. The molecule has 0 spiro atoms. The molecule has 0 saturated heterocycles. The molecule has 0 aromatic rings. The SMILES string of the molecule is CC1(C)[C@H](O)CC[C@]2(C)[C@@H]1CC[C@]1(C)[C@@H]2C(=O)C=C2[C@H]3C[C@@](C)(CO)CC[C@]3(C)CC[C@]21C. The van der Waals surface area contributed by atoms with Gasteiger partial charge in [-0.2, -0.15) is 0 Å². The highest BCUT2D eigenvalue weighted by atomic mass is 16.3. The van der Waals surface area contributed by atoms with Gasteiger partial charge in [0.05, 0.1) is 6.10 Å². The molecule has 186 valence electrons. The maximum absolute atomic E-state index is 14.2. The highest BCUT2D eigenvalue weighted by Gasteiger charge is 2.70. The molecular weight excluding hydrogens is 408 g/mol. The molecule has 0 amide bonds. The van der Waals surface area contributed by atoms with Crippen molar-refractivity contribution in [3.8, 4) is 0 Å². The predicted molar refractivity (Wildman–Crippen MR) is 133 cm³/mol. The Bertz CT molecular complexity index is 889. The van der Waals surface area contributed by atoms with Gasteiger partial charge in [-0.3, -0.25) is 4.79 Å². The summed E-state index contributed by atoms with van der Waals surface area (Å²) < 4.78 is 0. The van der Waals surface area contributed by atoms with E-state index in [0.29, 0.717) is 17.6 Å². The van der Waals surface area contributed by atoms with E-state index in [-0.39, 0.29) is 51.1 Å². The average molecular weight is 457 g/mol. The molecule has 5 aliphatic rings. The standard InChI is InChI=1S/C30H48O3/c1-25(2)22-8-11-30(7)24(28(22,5)10-9-23(25)33)21(32)16-19-20-17-26(3,18-31)12-13-27(20,4)14-15-29(19,30)6/h16,20,22-24,31,33H,8-15,17-18H2,1-7H3/t20-,22-,23-,24-,26+,27-,28-,29-,30-/m1/s1. The molecule has 3 nitrogen and oxygen atoms in total. The first-order chi connectivity index (χ1) is 15.2. The molecule has 0 radical (unpaired) electrons. The molecule has 0 bridgehead atoms. The molecule has 0 unspecified atom stereocenters. The smallest absolute Gasteiger partial charge is 0.159 e. The summed E-state index contributed by atoms with van der Waals surface area (Å²) in [5, 5.41) is 21.1. The monoisotopic (exact) mass is 456 g/mol. The highest BCUT2D eigenvalue weighted by Crippen LogP contribution is 2.75. The fraction of sp³-hybridized carbons (Fsp3) is 0.900. The number of ketones is 1. The largest absolute Gasteiger partial charge is 0.396 e. The van der Waals surface area contributed by atoms with Gasteiger partial charge in [0.15, 0.2) is 5.78 Å². The molecule has 0 aromatic heterocycles. The van der Waals surface area contributed by atoms with Crippen molar-refractivity contribution in [2.24, 2.45) is 50.2 Å². The van der Waals surface area contributed by atoms with Gasteiger partial charge in [0.2, 0.25) is 0 Å². The average Bonchev–Trinajstić information content (AvgIpc) is 2.74. The molecule has 4 fully saturated rings. The van der Waals surface area contributed by atoms with E-state index in [9.17, 15) is 15.0 Å². The maximum atomic E-state index is 14.2. The first-order valence-corrected chi connectivity index (χ1v) is 13.7. The van der Waals surface area contributed by atoms with Gasteiger partial charge in [-0.25, -0.2) is 0 Å². The van der Waals surface area contributed by atoms with Crippen LogP contribution in [0.2, 0.25) is 0 Å². The fourth-order valence-corrected chi connectivity index (χ4v) is 10.4. The van der Waals surface area contributed by atoms with E-state index in [0.717, 1.165) is 44.9 Å². The van der Waals surface area contributed by atoms with Gasteiger partial charge in [-0.15, -0.1) is 0 Å². The number of hydrogen-bond donors (Lipinski definition) is 2. The highest BCUT2D eigenvalue weighted by molar-refractivity contribution is 5.95. The van der Waals surface area contributed by atoms with Crippen LogP contribution in [0.1, 0.15) is 106 Å². The van der Waals surface area contributed by atoms with Crippen molar-refractivity contribution in [2.45, 2.75) is 112 Å². The second kappa shape index (κ2) is 6.96. The molecule has 0 aliphatic heterocycles. The molecule has 5 aliphatic carbocycles. The van der Waals surface area contributed by atoms with Crippen molar-refractivity contribution in [3.63, 3.8) is 0 Å². The fourth-order valence-electron chi connectivity index (χ4n) is 10.4. The number of rotatable bonds is 1. The summed E-state index contributed by atoms with van der Waals surface area (Å²) in [5.74, 6) is 1.20. The van der Waals surface area contributed by atoms with Crippen LogP contribution < -0.4 is 0 Å². The van der Waals surface area contributed by atoms with E-state index in [1.165, 1.54) is 18.4 Å². The topological polar surface area (TPSA) is 57.5 Å². The lowest BCUT2D eigenvalue weighted by Crippen LogP contribution is -2.66. The third-order valence-electron chi connectivity index (χ3n) is 13.0. The second-order valence-corrected chi connectivity index (χ2v) is 15.0. The van der Waals surface area contributed by atoms with Crippen LogP contribution >= 0.6 is 0 Å². The summed E-state index contributed by atoms with van der Waals surface area (Å²) in [6, 6.07) is 0. The van der Waals surface area contributed by atoms with Gasteiger partial charge in [-0.1, -0.05) is 54.0 Å². The lowest BCUT2D eigenvalue weighted by atomic mass is 9.33. The molecule has 9 atom stereocenters. The van der Waals surface area contributed by atoms with Crippen LogP contribution in [-0.2, 0) is 4.79 Å². The summed E-state index contributed by atoms with van der Waals surface area (Å²) in [4.78, 5) is 14.2. The normalized spacial score (nSPS) is 55.5. The van der Waals surface area contributed by atoms with Crippen LogP contribution in [0.25, 0.3) is 0 Å². The van der Waals surface area contributed by atoms with Gasteiger partial charge in [0.1, 0.15) is 0 Å². The molecule has 2 N–H and O–H groups in total. The van der Waals surface area contributed by atoms with Gasteiger partial charge in [0, 0.05) is 12.5 Å². The van der Waals surface area contributed by atoms with Crippen molar-refractivity contribution in [1.29, 1.82) is 0 Å². The Morgan fingerprint density at radius 2 is 1.58 bits per heavy atom. The number of aliphatic hydroxyl groups is 2. The first-order valence-electron chi connectivity index (χ1n) is 13.7. The van der Waals surface area contributed by atoms with E-state index in [2.05, 4.69) is 54.5 Å². The van der Waals surface area contributed by atoms with Gasteiger partial charge in [-0.05, 0) is 108 Å². The van der Waals surface area contributed by atoms with Crippen molar-refractivity contribution < 1.29 is 15.0 Å². The molecular formula is C30H48O3. The number of carbonyl (C=O) groups excluding carboxylic acids is 1. The predicted octanol–water partition coefficient (Wildman–Crippen LogP) is 6.32. The third-order valence-corrected chi connectivity index (χ3v) is 13.0. The minimum absolute atomic E-state index is 0.0305. The molecule has 4 saturated carbocycles. The van der Waals surface area contributed by atoms with E-state index in [4.69, 9.17) is 0 Å². The van der Waals surface area contributed by atoms with E-state index < -0.39 is 0 Å². The van der Waals surface area contributed by atoms with Crippen molar-refractivity contribution in [1.82, 2.24) is 0 Å². The Hall–Kier alpha value is -0.670. The molecule has 0 aromatic carbocycles. The Kier molecular flexibility index (Phi) is 5.07. The third kappa shape index (κ3) is 2.90. The number of aliphatic hydroxyl groups excluding tert-OH is 2. The Labute approximate surface area is 201 Å². The quantitative estimate of drug-likeness (QED) is 0.485. The van der Waals surface area contributed by atoms with Gasteiger partial charge in [0.25, 0.3) is 0 Å². The van der Waals surface area contributed by atoms with Crippen molar-refractivity contribution in [2.75, 3.05) is 6.61 Å². The van der Waals surface area contributed by atoms with E-state index in [1.807, 2.05) is 0 Å². The Morgan fingerprint density at radius 1 is 0.909 bits per heavy atom. The Balaban J connectivity index is 1.62. The van der Waals surface area contributed by atoms with Crippen LogP contribution in [0.15, 0.2) is 11.6 Å². The van der Waals surface area contributed by atoms with Crippen molar-refractivity contribution >= 4 is 5.78 Å². The lowest BCUT2D eigenvalue weighted by Gasteiger charge is -2.70. The van der Waals surface area contributed by atoms with E-state index in [1.54, 1.807) is 0 Å². The summed E-state index contributed by atoms with van der Waals surface area (Å²) in [5.41, 5.74) is 1.46. The minimum Gasteiger partial charge on any atom is -0.396 e. The number of fused-ring (bicyclic) bond motifs is 7. The Morgan fingerprint density at radius 3 is 2.24 bits per heavy atom. The number of allylic oxidation sites excluding steroid dienone is 2. The van der Waals surface area contributed by atoms with Crippen LogP contribution in [0.4, 0.5) is 0 Å². The molecule has 5 rings (SSSR count). The minimum atomic E-state index is -0.269. The number of hydrogen-bond acceptors (Lipinski definition) is 3. The lowest BCUT2D eigenvalue weighted by molar-refractivity contribution is -0.202. The van der Waals surface area contributed by atoms with Crippen LogP contribution in [0, 0.1) is 50.2 Å². The van der Waals surface area contributed by atoms with Gasteiger partial charge >= 0.3 is 0 Å². The van der Waals surface area contributed by atoms with Crippen LogP contribution in [-0.4, -0.2) is 28.7 Å². The van der Waals surface area contributed by atoms with Crippen LogP contribution in [0.5, 0.6) is 0 Å². The second-order valence-electron chi connectivity index (χ2n) is 15.0. The number of carbonyl (C=O) groups is 1. The maximum Gasteiger partial charge on any atom is 0.159 e.